The predicted molar refractivity (Wildman–Crippen MR) is 103 cm³/mol. The minimum absolute atomic E-state index is 0.137. The number of fused-ring (bicyclic) bond motifs is 1. The van der Waals surface area contributed by atoms with Crippen LogP contribution in [0.2, 0.25) is 0 Å². The van der Waals surface area contributed by atoms with Crippen LogP contribution in [0.4, 0.5) is 10.1 Å². The maximum Gasteiger partial charge on any atom is 0.244 e. The van der Waals surface area contributed by atoms with E-state index in [1.165, 1.54) is 25.3 Å². The van der Waals surface area contributed by atoms with Crippen LogP contribution in [0.3, 0.4) is 0 Å². The van der Waals surface area contributed by atoms with Crippen LogP contribution in [0.25, 0.3) is 11.0 Å². The van der Waals surface area contributed by atoms with Gasteiger partial charge in [-0.25, -0.2) is 22.5 Å². The zero-order chi connectivity index (χ0) is 20.5. The Morgan fingerprint density at radius 2 is 1.89 bits per heavy atom. The molecule has 0 aliphatic carbocycles. The SMILES string of the molecule is CC(C)n1ncc2cc(NC(=O)[C@@H](C)NS(=O)(=O)c3ccccc3F)cnc21. The van der Waals surface area contributed by atoms with Gasteiger partial charge in [0, 0.05) is 11.4 Å². The Hall–Kier alpha value is -2.85. The molecule has 1 aromatic carbocycles. The lowest BCUT2D eigenvalue weighted by Crippen LogP contribution is -2.41. The molecule has 0 saturated carbocycles. The van der Waals surface area contributed by atoms with Crippen molar-refractivity contribution in [2.24, 2.45) is 0 Å². The number of nitrogens with zero attached hydrogens (tertiary/aromatic N) is 3. The minimum Gasteiger partial charge on any atom is -0.323 e. The molecule has 0 aliphatic heterocycles. The summed E-state index contributed by atoms with van der Waals surface area (Å²) < 4.78 is 42.3. The van der Waals surface area contributed by atoms with E-state index in [0.29, 0.717) is 11.3 Å². The minimum atomic E-state index is -4.18. The fourth-order valence-electron chi connectivity index (χ4n) is 2.65. The van der Waals surface area contributed by atoms with Gasteiger partial charge in [-0.3, -0.25) is 4.79 Å². The van der Waals surface area contributed by atoms with Crippen LogP contribution in [0.15, 0.2) is 47.6 Å². The third-order valence-electron chi connectivity index (χ3n) is 4.04. The second-order valence-corrected chi connectivity index (χ2v) is 8.26. The normalized spacial score (nSPS) is 13.0. The smallest absolute Gasteiger partial charge is 0.244 e. The van der Waals surface area contributed by atoms with E-state index in [9.17, 15) is 17.6 Å². The number of benzene rings is 1. The molecule has 148 valence electrons. The van der Waals surface area contributed by atoms with Gasteiger partial charge in [-0.15, -0.1) is 0 Å². The molecule has 0 unspecified atom stereocenters. The first-order valence-corrected chi connectivity index (χ1v) is 10.1. The lowest BCUT2D eigenvalue weighted by molar-refractivity contribution is -0.117. The van der Waals surface area contributed by atoms with Crippen LogP contribution in [0.1, 0.15) is 26.8 Å². The van der Waals surface area contributed by atoms with E-state index in [1.54, 1.807) is 16.9 Å². The molecule has 0 fully saturated rings. The van der Waals surface area contributed by atoms with Crippen molar-refractivity contribution >= 4 is 32.7 Å². The van der Waals surface area contributed by atoms with Crippen molar-refractivity contribution in [2.45, 2.75) is 37.8 Å². The number of nitrogens with one attached hydrogen (secondary N) is 2. The first-order valence-electron chi connectivity index (χ1n) is 8.60. The maximum atomic E-state index is 13.8. The zero-order valence-electron chi connectivity index (χ0n) is 15.5. The second-order valence-electron chi connectivity index (χ2n) is 6.58. The Morgan fingerprint density at radius 3 is 2.57 bits per heavy atom. The van der Waals surface area contributed by atoms with Gasteiger partial charge in [-0.1, -0.05) is 12.1 Å². The standard InChI is InChI=1S/C18H20FN5O3S/c1-11(2)24-17-13(9-21-24)8-14(10-20-17)22-18(25)12(3)23-28(26,27)16-7-5-4-6-15(16)19/h4-12,23H,1-3H3,(H,22,25)/t12-/m1/s1. The van der Waals surface area contributed by atoms with Gasteiger partial charge in [0.2, 0.25) is 15.9 Å². The van der Waals surface area contributed by atoms with Gasteiger partial charge < -0.3 is 5.32 Å². The lowest BCUT2D eigenvalue weighted by atomic mass is 10.3. The number of amides is 1. The number of carbonyl (C=O) groups is 1. The Kier molecular flexibility index (Phi) is 5.43. The summed E-state index contributed by atoms with van der Waals surface area (Å²) >= 11 is 0. The fourth-order valence-corrected chi connectivity index (χ4v) is 3.93. The van der Waals surface area contributed by atoms with Crippen molar-refractivity contribution in [1.82, 2.24) is 19.5 Å². The number of hydrogen-bond acceptors (Lipinski definition) is 5. The van der Waals surface area contributed by atoms with Gasteiger partial charge in [0.15, 0.2) is 5.65 Å². The third-order valence-corrected chi connectivity index (χ3v) is 5.62. The highest BCUT2D eigenvalue weighted by Gasteiger charge is 2.24. The van der Waals surface area contributed by atoms with E-state index in [-0.39, 0.29) is 6.04 Å². The maximum absolute atomic E-state index is 13.8. The number of carbonyl (C=O) groups excluding carboxylic acids is 1. The zero-order valence-corrected chi connectivity index (χ0v) is 16.4. The van der Waals surface area contributed by atoms with Crippen LogP contribution in [0.5, 0.6) is 0 Å². The monoisotopic (exact) mass is 405 g/mol. The largest absolute Gasteiger partial charge is 0.323 e. The van der Waals surface area contributed by atoms with Gasteiger partial charge in [0.25, 0.3) is 0 Å². The van der Waals surface area contributed by atoms with E-state index in [1.807, 2.05) is 13.8 Å². The highest BCUT2D eigenvalue weighted by Crippen LogP contribution is 2.19. The summed E-state index contributed by atoms with van der Waals surface area (Å²) in [4.78, 5) is 16.2. The molecule has 0 spiro atoms. The number of anilines is 1. The molecule has 3 aromatic rings. The summed E-state index contributed by atoms with van der Waals surface area (Å²) in [5, 5.41) is 7.60. The fraction of sp³-hybridized carbons (Fsp3) is 0.278. The van der Waals surface area contributed by atoms with Crippen LogP contribution in [0, 0.1) is 5.82 Å². The number of rotatable bonds is 6. The molecule has 10 heteroatoms. The molecule has 2 heterocycles. The van der Waals surface area contributed by atoms with Gasteiger partial charge >= 0.3 is 0 Å². The van der Waals surface area contributed by atoms with Crippen molar-refractivity contribution in [1.29, 1.82) is 0 Å². The second kappa shape index (κ2) is 7.64. The summed E-state index contributed by atoms with van der Waals surface area (Å²) in [6.07, 6.45) is 3.11. The molecular weight excluding hydrogens is 385 g/mol. The topological polar surface area (TPSA) is 106 Å². The molecule has 8 nitrogen and oxygen atoms in total. The molecular formula is C18H20FN5O3S. The Balaban J connectivity index is 1.74. The van der Waals surface area contributed by atoms with Crippen molar-refractivity contribution < 1.29 is 17.6 Å². The summed E-state index contributed by atoms with van der Waals surface area (Å²) in [5.74, 6) is -1.49. The first kappa shape index (κ1) is 19.9. The van der Waals surface area contributed by atoms with Crippen LogP contribution < -0.4 is 10.0 Å². The molecule has 3 rings (SSSR count). The van der Waals surface area contributed by atoms with Gasteiger partial charge in [-0.2, -0.15) is 9.82 Å². The third kappa shape index (κ3) is 4.02. The van der Waals surface area contributed by atoms with E-state index in [2.05, 4.69) is 20.1 Å². The van der Waals surface area contributed by atoms with E-state index in [0.717, 1.165) is 17.5 Å². The average molecular weight is 405 g/mol. The van der Waals surface area contributed by atoms with Crippen molar-refractivity contribution in [3.63, 3.8) is 0 Å². The number of halogens is 1. The highest BCUT2D eigenvalue weighted by atomic mass is 32.2. The molecule has 1 amide bonds. The molecule has 1 atom stereocenters. The Morgan fingerprint density at radius 1 is 1.18 bits per heavy atom. The summed E-state index contributed by atoms with van der Waals surface area (Å²) in [6.45, 7) is 5.33. The quantitative estimate of drug-likeness (QED) is 0.655. The molecule has 0 saturated heterocycles. The average Bonchev–Trinajstić information content (AvgIpc) is 3.05. The molecule has 2 aromatic heterocycles. The summed E-state index contributed by atoms with van der Waals surface area (Å²) in [5.41, 5.74) is 1.08. The molecule has 0 bridgehead atoms. The Bertz CT molecular complexity index is 1130. The van der Waals surface area contributed by atoms with Crippen LogP contribution in [-0.4, -0.2) is 35.1 Å². The molecule has 2 N–H and O–H groups in total. The molecule has 28 heavy (non-hydrogen) atoms. The summed E-state index contributed by atoms with van der Waals surface area (Å²) in [7, 11) is -4.18. The predicted octanol–water partition coefficient (Wildman–Crippen LogP) is 2.46. The number of sulfonamides is 1. The van der Waals surface area contributed by atoms with E-state index < -0.39 is 32.7 Å². The lowest BCUT2D eigenvalue weighted by Gasteiger charge is -2.15. The summed E-state index contributed by atoms with van der Waals surface area (Å²) in [6, 6.07) is 5.67. The van der Waals surface area contributed by atoms with E-state index >= 15 is 0 Å². The van der Waals surface area contributed by atoms with Gasteiger partial charge in [-0.05, 0) is 39.0 Å². The molecule has 0 aliphatic rings. The first-order chi connectivity index (χ1) is 13.2. The number of hydrogen-bond donors (Lipinski definition) is 2. The highest BCUT2D eigenvalue weighted by molar-refractivity contribution is 7.89. The van der Waals surface area contributed by atoms with Crippen LogP contribution in [-0.2, 0) is 14.8 Å². The van der Waals surface area contributed by atoms with Crippen molar-refractivity contribution in [3.8, 4) is 0 Å². The number of pyridine rings is 1. The number of aromatic nitrogens is 3. The van der Waals surface area contributed by atoms with Gasteiger partial charge in [0.1, 0.15) is 10.7 Å². The van der Waals surface area contributed by atoms with Crippen LogP contribution >= 0.6 is 0 Å². The van der Waals surface area contributed by atoms with Gasteiger partial charge in [0.05, 0.1) is 24.1 Å². The van der Waals surface area contributed by atoms with Crippen molar-refractivity contribution in [3.05, 3.63) is 48.5 Å². The van der Waals surface area contributed by atoms with Crippen molar-refractivity contribution in [2.75, 3.05) is 5.32 Å². The van der Waals surface area contributed by atoms with E-state index in [4.69, 9.17) is 0 Å². The Labute approximate surface area is 161 Å². The molecule has 0 radical (unpaired) electrons.